The van der Waals surface area contributed by atoms with Gasteiger partial charge in [0.25, 0.3) is 0 Å². The number of hydrogen-bond acceptors (Lipinski definition) is 6. The van der Waals surface area contributed by atoms with Crippen molar-refractivity contribution in [1.29, 1.82) is 0 Å². The first-order valence-electron chi connectivity index (χ1n) is 8.17. The number of rotatable bonds is 8. The molecule has 0 saturated heterocycles. The van der Waals surface area contributed by atoms with E-state index in [0.29, 0.717) is 22.2 Å². The number of sulfonamides is 1. The van der Waals surface area contributed by atoms with E-state index in [0.717, 1.165) is 4.31 Å². The summed E-state index contributed by atoms with van der Waals surface area (Å²) in [6, 6.07) is 9.31. The molecule has 8 nitrogen and oxygen atoms in total. The van der Waals surface area contributed by atoms with Crippen molar-refractivity contribution in [2.24, 2.45) is 0 Å². The standard InChI is InChI=1S/C18H22ClN3O5S/c1-22(2)28(24,25)13-6-8-17(27-4)15(10-13)21-18(23)11-20-12-5-7-16(26-3)14(19)9-12/h5-10,20H,11H2,1-4H3,(H,21,23). The van der Waals surface area contributed by atoms with Crippen LogP contribution in [0.25, 0.3) is 0 Å². The molecule has 0 unspecified atom stereocenters. The maximum Gasteiger partial charge on any atom is 0.243 e. The monoisotopic (exact) mass is 427 g/mol. The lowest BCUT2D eigenvalue weighted by molar-refractivity contribution is -0.114. The van der Waals surface area contributed by atoms with E-state index in [2.05, 4.69) is 10.6 Å². The summed E-state index contributed by atoms with van der Waals surface area (Å²) in [6.45, 7) is -0.0591. The number of nitrogens with zero attached hydrogens (tertiary/aromatic N) is 1. The van der Waals surface area contributed by atoms with Gasteiger partial charge in [-0.05, 0) is 36.4 Å². The SMILES string of the molecule is COc1ccc(NCC(=O)Nc2cc(S(=O)(=O)N(C)C)ccc2OC)cc1Cl. The Kier molecular flexibility index (Phi) is 7.11. The number of anilines is 2. The first kappa shape index (κ1) is 21.8. The van der Waals surface area contributed by atoms with Crippen LogP contribution in [-0.4, -0.2) is 53.5 Å². The number of benzene rings is 2. The number of nitrogens with one attached hydrogen (secondary N) is 2. The second-order valence-electron chi connectivity index (χ2n) is 5.90. The summed E-state index contributed by atoms with van der Waals surface area (Å²) in [4.78, 5) is 12.4. The maximum absolute atomic E-state index is 12.3. The fourth-order valence-corrected chi connectivity index (χ4v) is 3.50. The number of halogens is 1. The summed E-state index contributed by atoms with van der Waals surface area (Å²) in [6.07, 6.45) is 0. The molecule has 0 aliphatic carbocycles. The molecule has 0 aliphatic heterocycles. The number of hydrogen-bond donors (Lipinski definition) is 2. The zero-order valence-electron chi connectivity index (χ0n) is 15.9. The third-order valence-electron chi connectivity index (χ3n) is 3.83. The molecule has 2 aromatic rings. The largest absolute Gasteiger partial charge is 0.495 e. The second kappa shape index (κ2) is 9.13. The third kappa shape index (κ3) is 5.06. The summed E-state index contributed by atoms with van der Waals surface area (Å²) in [5.41, 5.74) is 0.891. The normalized spacial score (nSPS) is 11.2. The number of carbonyl (C=O) groups excluding carboxylic acids is 1. The number of carbonyl (C=O) groups is 1. The lowest BCUT2D eigenvalue weighted by Crippen LogP contribution is -2.24. The highest BCUT2D eigenvalue weighted by Crippen LogP contribution is 2.29. The van der Waals surface area contributed by atoms with Crippen LogP contribution < -0.4 is 20.1 Å². The molecule has 0 atom stereocenters. The second-order valence-corrected chi connectivity index (χ2v) is 8.46. The van der Waals surface area contributed by atoms with Crippen molar-refractivity contribution in [2.45, 2.75) is 4.90 Å². The zero-order chi connectivity index (χ0) is 20.9. The molecule has 0 aliphatic rings. The Labute approximate surface area is 169 Å². The Hall–Kier alpha value is -2.49. The average molecular weight is 428 g/mol. The number of methoxy groups -OCH3 is 2. The van der Waals surface area contributed by atoms with Crippen LogP contribution >= 0.6 is 11.6 Å². The van der Waals surface area contributed by atoms with E-state index in [-0.39, 0.29) is 23.0 Å². The van der Waals surface area contributed by atoms with Gasteiger partial charge in [-0.1, -0.05) is 11.6 Å². The van der Waals surface area contributed by atoms with Crippen LogP contribution in [0.15, 0.2) is 41.3 Å². The first-order valence-corrected chi connectivity index (χ1v) is 9.98. The quantitative estimate of drug-likeness (QED) is 0.672. The highest BCUT2D eigenvalue weighted by atomic mass is 35.5. The van der Waals surface area contributed by atoms with Crippen molar-refractivity contribution in [1.82, 2.24) is 4.31 Å². The molecule has 0 radical (unpaired) electrons. The van der Waals surface area contributed by atoms with Crippen LogP contribution in [0.5, 0.6) is 11.5 Å². The van der Waals surface area contributed by atoms with E-state index < -0.39 is 10.0 Å². The molecule has 0 spiro atoms. The maximum atomic E-state index is 12.3. The Bertz CT molecular complexity index is 964. The molecule has 152 valence electrons. The molecule has 10 heteroatoms. The molecule has 2 rings (SSSR count). The van der Waals surface area contributed by atoms with E-state index in [9.17, 15) is 13.2 Å². The van der Waals surface area contributed by atoms with Gasteiger partial charge < -0.3 is 20.1 Å². The van der Waals surface area contributed by atoms with Crippen LogP contribution in [0.2, 0.25) is 5.02 Å². The van der Waals surface area contributed by atoms with Crippen LogP contribution in [-0.2, 0) is 14.8 Å². The molecule has 28 heavy (non-hydrogen) atoms. The smallest absolute Gasteiger partial charge is 0.243 e. The highest BCUT2D eigenvalue weighted by Gasteiger charge is 2.19. The average Bonchev–Trinajstić information content (AvgIpc) is 2.66. The minimum Gasteiger partial charge on any atom is -0.495 e. The van der Waals surface area contributed by atoms with E-state index in [4.69, 9.17) is 21.1 Å². The van der Waals surface area contributed by atoms with Crippen molar-refractivity contribution >= 4 is 38.9 Å². The van der Waals surface area contributed by atoms with Gasteiger partial charge in [0.1, 0.15) is 11.5 Å². The van der Waals surface area contributed by atoms with E-state index >= 15 is 0 Å². The van der Waals surface area contributed by atoms with Gasteiger partial charge in [0.2, 0.25) is 15.9 Å². The topological polar surface area (TPSA) is 97.0 Å². The highest BCUT2D eigenvalue weighted by molar-refractivity contribution is 7.89. The lowest BCUT2D eigenvalue weighted by atomic mass is 10.2. The minimum atomic E-state index is -3.64. The fraction of sp³-hybridized carbons (Fsp3) is 0.278. The van der Waals surface area contributed by atoms with Crippen molar-refractivity contribution in [3.05, 3.63) is 41.4 Å². The Morgan fingerprint density at radius 1 is 1.07 bits per heavy atom. The van der Waals surface area contributed by atoms with Crippen molar-refractivity contribution < 1.29 is 22.7 Å². The molecule has 2 aromatic carbocycles. The van der Waals surface area contributed by atoms with Gasteiger partial charge in [0.05, 0.1) is 36.4 Å². The van der Waals surface area contributed by atoms with Gasteiger partial charge in [0, 0.05) is 19.8 Å². The summed E-state index contributed by atoms with van der Waals surface area (Å²) < 4.78 is 36.0. The Balaban J connectivity index is 2.13. The van der Waals surface area contributed by atoms with Gasteiger partial charge in [-0.2, -0.15) is 0 Å². The van der Waals surface area contributed by atoms with Crippen LogP contribution in [0.3, 0.4) is 0 Å². The number of amides is 1. The van der Waals surface area contributed by atoms with Gasteiger partial charge in [-0.15, -0.1) is 0 Å². The molecule has 0 saturated carbocycles. The van der Waals surface area contributed by atoms with Crippen molar-refractivity contribution in [3.8, 4) is 11.5 Å². The zero-order valence-corrected chi connectivity index (χ0v) is 17.5. The van der Waals surface area contributed by atoms with Gasteiger partial charge in [0.15, 0.2) is 0 Å². The van der Waals surface area contributed by atoms with E-state index in [1.165, 1.54) is 46.5 Å². The molecule has 0 heterocycles. The molecule has 2 N–H and O–H groups in total. The summed E-state index contributed by atoms with van der Waals surface area (Å²) in [5.74, 6) is 0.489. The first-order chi connectivity index (χ1) is 13.2. The van der Waals surface area contributed by atoms with Crippen LogP contribution in [0.4, 0.5) is 11.4 Å². The molecule has 0 fully saturated rings. The summed E-state index contributed by atoms with van der Waals surface area (Å²) >= 11 is 6.06. The van der Waals surface area contributed by atoms with Gasteiger partial charge in [-0.25, -0.2) is 12.7 Å². The Morgan fingerprint density at radius 2 is 1.71 bits per heavy atom. The van der Waals surface area contributed by atoms with E-state index in [1.54, 1.807) is 18.2 Å². The van der Waals surface area contributed by atoms with Crippen molar-refractivity contribution in [2.75, 3.05) is 45.5 Å². The Morgan fingerprint density at radius 3 is 2.29 bits per heavy atom. The number of ether oxygens (including phenoxy) is 2. The van der Waals surface area contributed by atoms with Crippen LogP contribution in [0.1, 0.15) is 0 Å². The summed E-state index contributed by atoms with van der Waals surface area (Å²) in [5, 5.41) is 6.00. The van der Waals surface area contributed by atoms with Gasteiger partial charge in [-0.3, -0.25) is 4.79 Å². The van der Waals surface area contributed by atoms with Crippen molar-refractivity contribution in [3.63, 3.8) is 0 Å². The molecule has 0 aromatic heterocycles. The predicted octanol–water partition coefficient (Wildman–Crippen LogP) is 2.66. The summed E-state index contributed by atoms with van der Waals surface area (Å²) in [7, 11) is 2.17. The molecule has 0 bridgehead atoms. The van der Waals surface area contributed by atoms with E-state index in [1.807, 2.05) is 0 Å². The fourth-order valence-electron chi connectivity index (χ4n) is 2.31. The molecular formula is C18H22ClN3O5S. The predicted molar refractivity (Wildman–Crippen MR) is 109 cm³/mol. The van der Waals surface area contributed by atoms with Crippen LogP contribution in [0, 0.1) is 0 Å². The lowest BCUT2D eigenvalue weighted by Gasteiger charge is -2.15. The third-order valence-corrected chi connectivity index (χ3v) is 5.93. The minimum absolute atomic E-state index is 0.0449. The molecular weight excluding hydrogens is 406 g/mol. The molecule has 1 amide bonds. The van der Waals surface area contributed by atoms with Gasteiger partial charge >= 0.3 is 0 Å².